The van der Waals surface area contributed by atoms with Crippen LogP contribution >= 0.6 is 0 Å². The maximum Gasteiger partial charge on any atom is 0.0555 e. The summed E-state index contributed by atoms with van der Waals surface area (Å²) >= 11 is 0. The van der Waals surface area contributed by atoms with Crippen LogP contribution in [-0.4, -0.2) is 4.98 Å². The van der Waals surface area contributed by atoms with Gasteiger partial charge in [-0.1, -0.05) is 6.07 Å². The van der Waals surface area contributed by atoms with Gasteiger partial charge in [-0.2, -0.15) is 0 Å². The second kappa shape index (κ2) is 2.43. The SMILES string of the molecule is [NH]Cc1ccccn1. The molecule has 0 aliphatic rings. The van der Waals surface area contributed by atoms with E-state index in [2.05, 4.69) is 4.98 Å². The van der Waals surface area contributed by atoms with E-state index >= 15 is 0 Å². The number of aromatic nitrogens is 1. The Morgan fingerprint density at radius 1 is 1.50 bits per heavy atom. The fraction of sp³-hybridized carbons (Fsp3) is 0.167. The van der Waals surface area contributed by atoms with Crippen molar-refractivity contribution in [2.75, 3.05) is 0 Å². The highest BCUT2D eigenvalue weighted by molar-refractivity contribution is 5.01. The number of hydrogen-bond acceptors (Lipinski definition) is 1. The highest BCUT2D eigenvalue weighted by atomic mass is 14.7. The van der Waals surface area contributed by atoms with Crippen LogP contribution < -0.4 is 5.73 Å². The van der Waals surface area contributed by atoms with Gasteiger partial charge in [0.1, 0.15) is 0 Å². The molecule has 41 valence electrons. The minimum atomic E-state index is 0.279. The molecule has 2 nitrogen and oxygen atoms in total. The highest BCUT2D eigenvalue weighted by Crippen LogP contribution is 1.89. The molecule has 2 heteroatoms. The van der Waals surface area contributed by atoms with Crippen molar-refractivity contribution < 1.29 is 0 Å². The summed E-state index contributed by atoms with van der Waals surface area (Å²) < 4.78 is 0. The van der Waals surface area contributed by atoms with Crippen molar-refractivity contribution in [3.05, 3.63) is 30.1 Å². The Labute approximate surface area is 48.4 Å². The van der Waals surface area contributed by atoms with Crippen LogP contribution in [0.15, 0.2) is 24.4 Å². The quantitative estimate of drug-likeness (QED) is 0.524. The zero-order valence-corrected chi connectivity index (χ0v) is 4.46. The lowest BCUT2D eigenvalue weighted by Crippen LogP contribution is -1.86. The zero-order chi connectivity index (χ0) is 5.82. The van der Waals surface area contributed by atoms with Gasteiger partial charge >= 0.3 is 0 Å². The van der Waals surface area contributed by atoms with Crippen LogP contribution in [0, 0.1) is 0 Å². The second-order valence-corrected chi connectivity index (χ2v) is 1.50. The fourth-order valence-corrected chi connectivity index (χ4v) is 0.503. The predicted molar refractivity (Wildman–Crippen MR) is 31.0 cm³/mol. The van der Waals surface area contributed by atoms with Crippen molar-refractivity contribution >= 4 is 0 Å². The standard InChI is InChI=1S/C6H7N2/c7-5-6-3-1-2-4-8-6/h1-4,7H,5H2. The van der Waals surface area contributed by atoms with Crippen molar-refractivity contribution in [3.63, 3.8) is 0 Å². The van der Waals surface area contributed by atoms with E-state index < -0.39 is 0 Å². The Morgan fingerprint density at radius 3 is 2.75 bits per heavy atom. The Balaban J connectivity index is 2.83. The molecule has 0 saturated heterocycles. The summed E-state index contributed by atoms with van der Waals surface area (Å²) in [4.78, 5) is 3.91. The van der Waals surface area contributed by atoms with E-state index in [0.717, 1.165) is 5.69 Å². The Hall–Kier alpha value is -0.890. The van der Waals surface area contributed by atoms with Gasteiger partial charge in [0.15, 0.2) is 0 Å². The van der Waals surface area contributed by atoms with Crippen molar-refractivity contribution in [2.24, 2.45) is 0 Å². The molecule has 0 fully saturated rings. The Bertz CT molecular complexity index is 148. The first kappa shape index (κ1) is 5.25. The number of nitrogens with zero attached hydrogens (tertiary/aromatic N) is 1. The summed E-state index contributed by atoms with van der Waals surface area (Å²) in [5.41, 5.74) is 7.71. The van der Waals surface area contributed by atoms with Crippen molar-refractivity contribution in [1.82, 2.24) is 10.7 Å². The maximum absolute atomic E-state index is 6.88. The molecule has 8 heavy (non-hydrogen) atoms. The third-order valence-electron chi connectivity index (χ3n) is 0.907. The zero-order valence-electron chi connectivity index (χ0n) is 4.46. The van der Waals surface area contributed by atoms with Gasteiger partial charge in [0, 0.05) is 6.20 Å². The average Bonchev–Trinajstić information content (AvgIpc) is 1.90. The van der Waals surface area contributed by atoms with E-state index in [1.165, 1.54) is 0 Å². The minimum absolute atomic E-state index is 0.279. The summed E-state index contributed by atoms with van der Waals surface area (Å²) in [6, 6.07) is 5.57. The first-order valence-electron chi connectivity index (χ1n) is 2.48. The van der Waals surface area contributed by atoms with Crippen molar-refractivity contribution in [2.45, 2.75) is 6.54 Å². The summed E-state index contributed by atoms with van der Waals surface area (Å²) in [7, 11) is 0. The van der Waals surface area contributed by atoms with Gasteiger partial charge in [-0.05, 0) is 12.1 Å². The van der Waals surface area contributed by atoms with Crippen LogP contribution in [0.25, 0.3) is 0 Å². The van der Waals surface area contributed by atoms with E-state index in [0.29, 0.717) is 0 Å². The highest BCUT2D eigenvalue weighted by Gasteiger charge is 1.82. The molecule has 0 spiro atoms. The molecule has 0 atom stereocenters. The van der Waals surface area contributed by atoms with Crippen LogP contribution in [0.3, 0.4) is 0 Å². The summed E-state index contributed by atoms with van der Waals surface area (Å²) in [5.74, 6) is 0. The lowest BCUT2D eigenvalue weighted by molar-refractivity contribution is 0.960. The van der Waals surface area contributed by atoms with Gasteiger partial charge in [0.05, 0.1) is 12.2 Å². The summed E-state index contributed by atoms with van der Waals surface area (Å²) in [5, 5.41) is 0. The van der Waals surface area contributed by atoms with E-state index in [-0.39, 0.29) is 6.54 Å². The normalized spacial score (nSPS) is 9.12. The maximum atomic E-state index is 6.88. The Kier molecular flexibility index (Phi) is 1.59. The first-order chi connectivity index (χ1) is 3.93. The number of rotatable bonds is 1. The molecule has 0 unspecified atom stereocenters. The van der Waals surface area contributed by atoms with E-state index in [9.17, 15) is 0 Å². The summed E-state index contributed by atoms with van der Waals surface area (Å²) in [6.45, 7) is 0.279. The van der Waals surface area contributed by atoms with Crippen LogP contribution in [0.5, 0.6) is 0 Å². The van der Waals surface area contributed by atoms with E-state index in [1.54, 1.807) is 6.20 Å². The van der Waals surface area contributed by atoms with Crippen molar-refractivity contribution in [3.8, 4) is 0 Å². The average molecular weight is 107 g/mol. The van der Waals surface area contributed by atoms with Crippen LogP contribution in [0.4, 0.5) is 0 Å². The van der Waals surface area contributed by atoms with Gasteiger partial charge in [-0.15, -0.1) is 0 Å². The molecule has 1 radical (unpaired) electrons. The van der Waals surface area contributed by atoms with Gasteiger partial charge in [0.25, 0.3) is 0 Å². The first-order valence-corrected chi connectivity index (χ1v) is 2.48. The minimum Gasteiger partial charge on any atom is -0.260 e. The van der Waals surface area contributed by atoms with E-state index in [1.807, 2.05) is 18.2 Å². The molecule has 0 bridgehead atoms. The van der Waals surface area contributed by atoms with Crippen molar-refractivity contribution in [1.29, 1.82) is 0 Å². The Morgan fingerprint density at radius 2 is 2.38 bits per heavy atom. The van der Waals surface area contributed by atoms with E-state index in [4.69, 9.17) is 5.73 Å². The molecule has 0 amide bonds. The predicted octanol–water partition coefficient (Wildman–Crippen LogP) is 0.864. The number of nitrogens with one attached hydrogen (secondary N) is 1. The van der Waals surface area contributed by atoms with Crippen LogP contribution in [-0.2, 0) is 6.54 Å². The molecule has 0 aliphatic carbocycles. The number of pyridine rings is 1. The lowest BCUT2D eigenvalue weighted by atomic mass is 10.4. The van der Waals surface area contributed by atoms with Gasteiger partial charge in [-0.25, -0.2) is 0 Å². The third kappa shape index (κ3) is 1.04. The summed E-state index contributed by atoms with van der Waals surface area (Å²) in [6.07, 6.45) is 1.70. The topological polar surface area (TPSA) is 36.7 Å². The molecule has 0 saturated carbocycles. The monoisotopic (exact) mass is 107 g/mol. The molecule has 1 heterocycles. The molecule has 0 aliphatic heterocycles. The largest absolute Gasteiger partial charge is 0.260 e. The van der Waals surface area contributed by atoms with Gasteiger partial charge in [0.2, 0.25) is 0 Å². The van der Waals surface area contributed by atoms with Crippen LogP contribution in [0.1, 0.15) is 5.69 Å². The number of hydrogen-bond donors (Lipinski definition) is 0. The van der Waals surface area contributed by atoms with Crippen LogP contribution in [0.2, 0.25) is 0 Å². The lowest BCUT2D eigenvalue weighted by Gasteiger charge is -1.88. The molecule has 1 N–H and O–H groups in total. The molecule has 1 aromatic rings. The van der Waals surface area contributed by atoms with Gasteiger partial charge < -0.3 is 0 Å². The fourth-order valence-electron chi connectivity index (χ4n) is 0.503. The smallest absolute Gasteiger partial charge is 0.0555 e. The molecular formula is C6H7N2. The van der Waals surface area contributed by atoms with Gasteiger partial charge in [-0.3, -0.25) is 10.7 Å². The molecule has 1 aromatic heterocycles. The second-order valence-electron chi connectivity index (χ2n) is 1.50. The third-order valence-corrected chi connectivity index (χ3v) is 0.907. The molecule has 1 rings (SSSR count). The molecular weight excluding hydrogens is 100 g/mol. The molecule has 0 aromatic carbocycles.